The molecule has 0 amide bonds. The van der Waals surface area contributed by atoms with Crippen LogP contribution in [0.1, 0.15) is 12.0 Å². The first-order valence-electron chi connectivity index (χ1n) is 7.13. The van der Waals surface area contributed by atoms with Crippen molar-refractivity contribution in [3.05, 3.63) is 66.2 Å². The van der Waals surface area contributed by atoms with Crippen molar-refractivity contribution in [1.82, 2.24) is 0 Å². The lowest BCUT2D eigenvalue weighted by Gasteiger charge is -2.28. The van der Waals surface area contributed by atoms with E-state index < -0.39 is 8.07 Å². The van der Waals surface area contributed by atoms with E-state index in [2.05, 4.69) is 67.7 Å². The Morgan fingerprint density at radius 3 is 2.05 bits per heavy atom. The Morgan fingerprint density at radius 2 is 1.50 bits per heavy atom. The zero-order chi connectivity index (χ0) is 14.4. The Hall–Kier alpha value is -1.85. The zero-order valence-electron chi connectivity index (χ0n) is 12.2. The lowest BCUT2D eigenvalue weighted by molar-refractivity contribution is 0.827. The summed E-state index contributed by atoms with van der Waals surface area (Å²) in [5, 5.41) is 11.0. The quantitative estimate of drug-likeness (QED) is 0.755. The van der Waals surface area contributed by atoms with Crippen molar-refractivity contribution < 1.29 is 0 Å². The van der Waals surface area contributed by atoms with Gasteiger partial charge in [-0.2, -0.15) is 5.26 Å². The molecule has 20 heavy (non-hydrogen) atoms. The summed E-state index contributed by atoms with van der Waals surface area (Å²) < 4.78 is 0. The van der Waals surface area contributed by atoms with Gasteiger partial charge in [0.2, 0.25) is 0 Å². The van der Waals surface area contributed by atoms with Gasteiger partial charge in [-0.1, -0.05) is 78.9 Å². The fraction of sp³-hybridized carbons (Fsp3) is 0.278. The molecule has 1 atom stereocenters. The van der Waals surface area contributed by atoms with Crippen LogP contribution in [0.25, 0.3) is 0 Å². The fourth-order valence-corrected chi connectivity index (χ4v) is 5.25. The molecule has 0 radical (unpaired) electrons. The number of benzene rings is 2. The predicted octanol–water partition coefficient (Wildman–Crippen LogP) is 4.13. The first-order valence-corrected chi connectivity index (χ1v) is 10.2. The van der Waals surface area contributed by atoms with E-state index in [0.717, 1.165) is 12.8 Å². The van der Waals surface area contributed by atoms with Crippen molar-refractivity contribution in [3.63, 3.8) is 0 Å². The van der Waals surface area contributed by atoms with E-state index in [-0.39, 0.29) is 5.54 Å². The van der Waals surface area contributed by atoms with Gasteiger partial charge in [0.15, 0.2) is 0 Å². The number of hydrogen-bond acceptors (Lipinski definition) is 1. The molecule has 0 fully saturated rings. The molecular formula is C18H21NSi. The first-order chi connectivity index (χ1) is 9.64. The Balaban J connectivity index is 2.10. The molecule has 0 saturated heterocycles. The SMILES string of the molecule is C[Si](C)(c1ccccc1)[C@H](C#N)CCc1ccccc1. The highest BCUT2D eigenvalue weighted by molar-refractivity contribution is 6.91. The van der Waals surface area contributed by atoms with Gasteiger partial charge >= 0.3 is 0 Å². The van der Waals surface area contributed by atoms with Crippen LogP contribution in [0.3, 0.4) is 0 Å². The molecule has 0 saturated carbocycles. The van der Waals surface area contributed by atoms with Crippen LogP contribution >= 0.6 is 0 Å². The van der Waals surface area contributed by atoms with Gasteiger partial charge in [0.05, 0.1) is 14.1 Å². The average molecular weight is 279 g/mol. The summed E-state index contributed by atoms with van der Waals surface area (Å²) in [6.45, 7) is 4.61. The third-order valence-corrected chi connectivity index (χ3v) is 8.09. The molecule has 0 unspecified atom stereocenters. The fourth-order valence-electron chi connectivity index (χ4n) is 2.61. The summed E-state index contributed by atoms with van der Waals surface area (Å²) >= 11 is 0. The molecular weight excluding hydrogens is 258 g/mol. The third kappa shape index (κ3) is 3.37. The van der Waals surface area contributed by atoms with Gasteiger partial charge in [0.25, 0.3) is 0 Å². The standard InChI is InChI=1S/C18H21NSi/c1-20(2,17-11-7-4-8-12-17)18(15-19)14-13-16-9-5-3-6-10-16/h3-12,18H,13-14H2,1-2H3/t18-/m0/s1. The van der Waals surface area contributed by atoms with Gasteiger partial charge in [-0.3, -0.25) is 0 Å². The minimum absolute atomic E-state index is 0.158. The average Bonchev–Trinajstić information content (AvgIpc) is 2.49. The minimum atomic E-state index is -1.72. The van der Waals surface area contributed by atoms with Gasteiger partial charge in [-0.15, -0.1) is 0 Å². The van der Waals surface area contributed by atoms with Crippen LogP contribution in [-0.4, -0.2) is 8.07 Å². The van der Waals surface area contributed by atoms with Gasteiger partial charge in [0, 0.05) is 5.54 Å². The topological polar surface area (TPSA) is 23.8 Å². The molecule has 0 N–H and O–H groups in total. The van der Waals surface area contributed by atoms with Gasteiger partial charge in [-0.25, -0.2) is 0 Å². The Kier molecular flexibility index (Phi) is 4.76. The predicted molar refractivity (Wildman–Crippen MR) is 87.7 cm³/mol. The number of rotatable bonds is 5. The number of aryl methyl sites for hydroxylation is 1. The van der Waals surface area contributed by atoms with Crippen LogP contribution in [0.4, 0.5) is 0 Å². The molecule has 102 valence electrons. The molecule has 0 aliphatic heterocycles. The molecule has 0 bridgehead atoms. The minimum Gasteiger partial charge on any atom is -0.198 e. The van der Waals surface area contributed by atoms with Crippen molar-refractivity contribution in [2.45, 2.75) is 31.5 Å². The van der Waals surface area contributed by atoms with Crippen LogP contribution in [0.2, 0.25) is 18.6 Å². The molecule has 0 heterocycles. The highest BCUT2D eigenvalue weighted by Crippen LogP contribution is 2.26. The molecule has 0 spiro atoms. The normalized spacial score (nSPS) is 12.7. The highest BCUT2D eigenvalue weighted by Gasteiger charge is 2.33. The van der Waals surface area contributed by atoms with E-state index in [4.69, 9.17) is 0 Å². The maximum absolute atomic E-state index is 9.59. The maximum Gasteiger partial charge on any atom is 0.0989 e. The largest absolute Gasteiger partial charge is 0.198 e. The van der Waals surface area contributed by atoms with Crippen molar-refractivity contribution in [2.75, 3.05) is 0 Å². The molecule has 0 aromatic heterocycles. The molecule has 2 aromatic carbocycles. The summed E-state index contributed by atoms with van der Waals surface area (Å²) in [6.07, 6.45) is 1.94. The van der Waals surface area contributed by atoms with E-state index in [1.165, 1.54) is 10.8 Å². The second-order valence-electron chi connectivity index (χ2n) is 5.79. The second-order valence-corrected chi connectivity index (χ2v) is 10.5. The van der Waals surface area contributed by atoms with Gasteiger partial charge in [-0.05, 0) is 18.4 Å². The Morgan fingerprint density at radius 1 is 0.950 bits per heavy atom. The van der Waals surface area contributed by atoms with Crippen LogP contribution in [-0.2, 0) is 6.42 Å². The third-order valence-electron chi connectivity index (χ3n) is 4.11. The van der Waals surface area contributed by atoms with Gasteiger partial charge < -0.3 is 0 Å². The number of nitrogens with zero attached hydrogens (tertiary/aromatic N) is 1. The second kappa shape index (κ2) is 6.54. The van der Waals surface area contributed by atoms with Crippen molar-refractivity contribution in [1.29, 1.82) is 5.26 Å². The first kappa shape index (κ1) is 14.6. The molecule has 0 aliphatic rings. The Bertz CT molecular complexity index is 569. The molecule has 1 nitrogen and oxygen atoms in total. The summed E-state index contributed by atoms with van der Waals surface area (Å²) in [6, 6.07) is 23.6. The smallest absolute Gasteiger partial charge is 0.0989 e. The lowest BCUT2D eigenvalue weighted by Crippen LogP contribution is -2.45. The molecule has 0 aliphatic carbocycles. The van der Waals surface area contributed by atoms with Crippen LogP contribution in [0, 0.1) is 11.3 Å². The van der Waals surface area contributed by atoms with Crippen molar-refractivity contribution >= 4 is 13.3 Å². The van der Waals surface area contributed by atoms with E-state index in [9.17, 15) is 5.26 Å². The van der Waals surface area contributed by atoms with E-state index in [1.807, 2.05) is 12.1 Å². The summed E-state index contributed by atoms with van der Waals surface area (Å²) in [5.74, 6) is 0. The van der Waals surface area contributed by atoms with E-state index in [1.54, 1.807) is 0 Å². The van der Waals surface area contributed by atoms with Crippen molar-refractivity contribution in [2.24, 2.45) is 0 Å². The summed E-state index contributed by atoms with van der Waals surface area (Å²) in [4.78, 5) is 0. The van der Waals surface area contributed by atoms with Gasteiger partial charge in [0.1, 0.15) is 0 Å². The van der Waals surface area contributed by atoms with Crippen molar-refractivity contribution in [3.8, 4) is 6.07 Å². The number of hydrogen-bond donors (Lipinski definition) is 0. The maximum atomic E-state index is 9.59. The monoisotopic (exact) mass is 279 g/mol. The zero-order valence-corrected chi connectivity index (χ0v) is 13.2. The van der Waals surface area contributed by atoms with E-state index >= 15 is 0 Å². The Labute approximate surface area is 122 Å². The van der Waals surface area contributed by atoms with Crippen LogP contribution < -0.4 is 5.19 Å². The van der Waals surface area contributed by atoms with E-state index in [0.29, 0.717) is 0 Å². The summed E-state index contributed by atoms with van der Waals surface area (Å²) in [7, 11) is -1.72. The molecule has 2 rings (SSSR count). The van der Waals surface area contributed by atoms with Crippen LogP contribution in [0.5, 0.6) is 0 Å². The lowest BCUT2D eigenvalue weighted by atomic mass is 10.1. The van der Waals surface area contributed by atoms with Crippen LogP contribution in [0.15, 0.2) is 60.7 Å². The molecule has 2 heteroatoms. The molecule has 2 aromatic rings. The summed E-state index contributed by atoms with van der Waals surface area (Å²) in [5.41, 5.74) is 1.48. The number of nitriles is 1. The highest BCUT2D eigenvalue weighted by atomic mass is 28.3.